The van der Waals surface area contributed by atoms with Gasteiger partial charge in [0, 0.05) is 41.8 Å². The first-order chi connectivity index (χ1) is 16.5. The molecule has 0 unspecified atom stereocenters. The molecule has 5 aromatic rings. The van der Waals surface area contributed by atoms with E-state index in [1.807, 2.05) is 74.0 Å². The highest BCUT2D eigenvalue weighted by Gasteiger charge is 2.26. The fourth-order valence-corrected chi connectivity index (χ4v) is 4.45. The van der Waals surface area contributed by atoms with E-state index in [-0.39, 0.29) is 11.6 Å². The van der Waals surface area contributed by atoms with Gasteiger partial charge in [0.2, 0.25) is 5.65 Å². The summed E-state index contributed by atoms with van der Waals surface area (Å²) >= 11 is 0. The molecule has 4 aromatic heterocycles. The summed E-state index contributed by atoms with van der Waals surface area (Å²) in [6, 6.07) is 15.8. The van der Waals surface area contributed by atoms with Gasteiger partial charge in [0.15, 0.2) is 0 Å². The van der Waals surface area contributed by atoms with Crippen molar-refractivity contribution in [2.45, 2.75) is 40.3 Å². The average molecular weight is 456 g/mol. The molecule has 3 N–H and O–H groups in total. The second-order valence-electron chi connectivity index (χ2n) is 8.32. The third kappa shape index (κ3) is 3.75. The maximum Gasteiger partial charge on any atom is 0.428 e. The van der Waals surface area contributed by atoms with Crippen molar-refractivity contribution in [3.05, 3.63) is 82.3 Å². The number of hydrogen-bond acceptors (Lipinski definition) is 5. The molecule has 0 spiro atoms. The van der Waals surface area contributed by atoms with E-state index < -0.39 is 0 Å². The van der Waals surface area contributed by atoms with Crippen molar-refractivity contribution in [3.8, 4) is 22.4 Å². The fourth-order valence-electron chi connectivity index (χ4n) is 4.45. The molecule has 0 aliphatic heterocycles. The first kappa shape index (κ1) is 21.6. The highest BCUT2D eigenvalue weighted by atomic mass is 16.2. The van der Waals surface area contributed by atoms with Crippen LogP contribution in [-0.2, 0) is 19.5 Å². The first-order valence-electron chi connectivity index (χ1n) is 11.3. The smallest absolute Gasteiger partial charge is 0.319 e. The Morgan fingerprint density at radius 2 is 1.76 bits per heavy atom. The number of fused-ring (bicyclic) bond motifs is 1. The number of aromatic amines is 1. The maximum atomic E-state index is 13.4. The Bertz CT molecular complexity index is 1520. The summed E-state index contributed by atoms with van der Waals surface area (Å²) in [5, 5.41) is 7.64. The number of nitrogens with two attached hydrogens (primary N) is 1. The quantitative estimate of drug-likeness (QED) is 0.383. The minimum atomic E-state index is -0.258. The van der Waals surface area contributed by atoms with Gasteiger partial charge < -0.3 is 5.73 Å². The van der Waals surface area contributed by atoms with Gasteiger partial charge in [0.25, 0.3) is 0 Å². The molecule has 0 amide bonds. The highest BCUT2D eigenvalue weighted by Crippen LogP contribution is 2.33. The molecule has 9 nitrogen and oxygen atoms in total. The summed E-state index contributed by atoms with van der Waals surface area (Å²) < 4.78 is 4.96. The summed E-state index contributed by atoms with van der Waals surface area (Å²) in [5.74, 6) is 0.138. The molecule has 5 rings (SSSR count). The number of nitrogen functional groups attached to an aromatic ring is 1. The fraction of sp³-hybridized carbons (Fsp3) is 0.240. The van der Waals surface area contributed by atoms with Crippen molar-refractivity contribution < 1.29 is 4.40 Å². The Morgan fingerprint density at radius 1 is 1.03 bits per heavy atom. The normalized spacial score (nSPS) is 11.4. The number of nitrogens with zero attached hydrogens (tertiary/aromatic N) is 6. The van der Waals surface area contributed by atoms with Gasteiger partial charge in [0.05, 0.1) is 12.1 Å². The summed E-state index contributed by atoms with van der Waals surface area (Å²) in [4.78, 5) is 22.6. The van der Waals surface area contributed by atoms with Gasteiger partial charge in [-0.2, -0.15) is 9.78 Å². The molecule has 9 heteroatoms. The number of anilines is 1. The molecule has 0 fully saturated rings. The molecule has 172 valence electrons. The molecule has 0 aliphatic carbocycles. The van der Waals surface area contributed by atoms with Crippen LogP contribution in [0.4, 0.5) is 5.95 Å². The zero-order valence-corrected chi connectivity index (χ0v) is 19.5. The summed E-state index contributed by atoms with van der Waals surface area (Å²) in [7, 11) is 0. The van der Waals surface area contributed by atoms with Gasteiger partial charge in [-0.1, -0.05) is 30.3 Å². The van der Waals surface area contributed by atoms with Gasteiger partial charge in [-0.15, -0.1) is 9.38 Å². The molecule has 1 aromatic carbocycles. The lowest BCUT2D eigenvalue weighted by molar-refractivity contribution is -0.516. The molecule has 0 saturated carbocycles. The molecule has 34 heavy (non-hydrogen) atoms. The van der Waals surface area contributed by atoms with Gasteiger partial charge in [-0.05, 0) is 44.5 Å². The predicted octanol–water partition coefficient (Wildman–Crippen LogP) is 2.70. The van der Waals surface area contributed by atoms with E-state index in [0.29, 0.717) is 24.3 Å². The van der Waals surface area contributed by atoms with Crippen molar-refractivity contribution in [1.82, 2.24) is 29.5 Å². The summed E-state index contributed by atoms with van der Waals surface area (Å²) in [6.07, 6.45) is 2.44. The van der Waals surface area contributed by atoms with E-state index in [2.05, 4.69) is 15.2 Å². The van der Waals surface area contributed by atoms with Crippen LogP contribution in [0.5, 0.6) is 0 Å². The standard InChI is InChI=1S/C25H26N8O/c1-4-31-20(10-12-27-31)11-13-32-25(34)33-23(30-32)21(19-14-16(2)28-17(3)15-19)22(29-24(33)26)18-8-6-5-7-9-18/h5-10,12,14-15H,4,11,13H2,1-3H3,(H2,26,28,29,30)/p+1. The number of hydrogen-bond donors (Lipinski definition) is 2. The van der Waals surface area contributed by atoms with Gasteiger partial charge in [-0.3, -0.25) is 9.67 Å². The van der Waals surface area contributed by atoms with E-state index >= 15 is 0 Å². The molecular formula is C25H27N8O+. The highest BCUT2D eigenvalue weighted by molar-refractivity contribution is 5.88. The Hall–Kier alpha value is -4.27. The number of benzene rings is 1. The number of aromatic nitrogens is 7. The van der Waals surface area contributed by atoms with Crippen LogP contribution in [0.15, 0.2) is 59.5 Å². The lowest BCUT2D eigenvalue weighted by Gasteiger charge is -2.10. The number of H-pyrrole nitrogens is 1. The molecule has 4 heterocycles. The van der Waals surface area contributed by atoms with E-state index in [9.17, 15) is 4.79 Å². The number of pyridine rings is 1. The molecule has 0 radical (unpaired) electrons. The van der Waals surface area contributed by atoms with E-state index in [4.69, 9.17) is 10.7 Å². The second kappa shape index (κ2) is 8.58. The van der Waals surface area contributed by atoms with Crippen LogP contribution in [-0.4, -0.2) is 29.5 Å². The summed E-state index contributed by atoms with van der Waals surface area (Å²) in [5.41, 5.74) is 12.9. The Morgan fingerprint density at radius 3 is 2.47 bits per heavy atom. The van der Waals surface area contributed by atoms with Gasteiger partial charge in [-0.25, -0.2) is 9.89 Å². The van der Waals surface area contributed by atoms with Crippen molar-refractivity contribution >= 4 is 11.6 Å². The third-order valence-electron chi connectivity index (χ3n) is 5.93. The topological polar surface area (TPSA) is 112 Å². The Labute approximate surface area is 196 Å². The van der Waals surface area contributed by atoms with E-state index in [1.54, 1.807) is 10.9 Å². The van der Waals surface area contributed by atoms with Crippen LogP contribution < -0.4 is 15.8 Å². The molecule has 0 saturated heterocycles. The largest absolute Gasteiger partial charge is 0.428 e. The summed E-state index contributed by atoms with van der Waals surface area (Å²) in [6.45, 7) is 7.20. The molecule has 0 bridgehead atoms. The van der Waals surface area contributed by atoms with Crippen molar-refractivity contribution in [2.24, 2.45) is 0 Å². The third-order valence-corrected chi connectivity index (χ3v) is 5.93. The SMILES string of the molecule is CCn1nccc1CCn1[nH]c2c(-c3cc(C)nc(C)c3)c(-c3ccccc3)nc(N)[n+]2c1=O. The first-order valence-corrected chi connectivity index (χ1v) is 11.3. The second-order valence-corrected chi connectivity index (χ2v) is 8.32. The average Bonchev–Trinajstić information content (AvgIpc) is 3.41. The zero-order valence-electron chi connectivity index (χ0n) is 19.5. The number of rotatable bonds is 6. The number of aryl methyl sites for hydroxylation is 5. The zero-order chi connectivity index (χ0) is 23.8. The molecule has 0 atom stereocenters. The Kier molecular flexibility index (Phi) is 5.45. The van der Waals surface area contributed by atoms with Crippen LogP contribution in [0.3, 0.4) is 0 Å². The predicted molar refractivity (Wildman–Crippen MR) is 130 cm³/mol. The molecular weight excluding hydrogens is 428 g/mol. The minimum absolute atomic E-state index is 0.138. The Balaban J connectivity index is 1.73. The lowest BCUT2D eigenvalue weighted by Crippen LogP contribution is -2.44. The van der Waals surface area contributed by atoms with E-state index in [0.717, 1.165) is 40.3 Å². The molecule has 0 aliphatic rings. The van der Waals surface area contributed by atoms with Crippen LogP contribution in [0.2, 0.25) is 0 Å². The minimum Gasteiger partial charge on any atom is -0.319 e. The van der Waals surface area contributed by atoms with Gasteiger partial charge in [0.1, 0.15) is 5.69 Å². The van der Waals surface area contributed by atoms with Crippen molar-refractivity contribution in [1.29, 1.82) is 0 Å². The number of nitrogens with one attached hydrogen (secondary N) is 1. The van der Waals surface area contributed by atoms with Crippen molar-refractivity contribution in [3.63, 3.8) is 0 Å². The maximum absolute atomic E-state index is 13.4. The van der Waals surface area contributed by atoms with Gasteiger partial charge >= 0.3 is 11.6 Å². The van der Waals surface area contributed by atoms with Crippen molar-refractivity contribution in [2.75, 3.05) is 5.73 Å². The monoisotopic (exact) mass is 455 g/mol. The lowest BCUT2D eigenvalue weighted by atomic mass is 9.99. The van der Waals surface area contributed by atoms with Crippen LogP contribution in [0.1, 0.15) is 24.0 Å². The van der Waals surface area contributed by atoms with Crippen LogP contribution in [0, 0.1) is 13.8 Å². The van der Waals surface area contributed by atoms with Crippen LogP contribution >= 0.6 is 0 Å². The van der Waals surface area contributed by atoms with E-state index in [1.165, 1.54) is 4.40 Å². The van der Waals surface area contributed by atoms with Crippen LogP contribution in [0.25, 0.3) is 28.0 Å².